The molecule has 0 aromatic heterocycles. The van der Waals surface area contributed by atoms with Crippen molar-refractivity contribution in [2.24, 2.45) is 0 Å². The van der Waals surface area contributed by atoms with Gasteiger partial charge in [0, 0.05) is 0 Å². The number of amides is 2. The number of ether oxygens (including phenoxy) is 1. The third kappa shape index (κ3) is 2.53. The van der Waals surface area contributed by atoms with Crippen LogP contribution >= 0.6 is 0 Å². The molecule has 0 saturated carbocycles. The first-order valence-corrected chi connectivity index (χ1v) is 5.98. The van der Waals surface area contributed by atoms with Gasteiger partial charge in [-0.3, -0.25) is 4.79 Å². The van der Waals surface area contributed by atoms with Gasteiger partial charge in [-0.15, -0.1) is 0 Å². The number of carbonyl (C=O) groups is 2. The van der Waals surface area contributed by atoms with Crippen LogP contribution in [-0.2, 0) is 9.53 Å². The molecule has 0 N–H and O–H groups in total. The van der Waals surface area contributed by atoms with Gasteiger partial charge in [0.2, 0.25) is 5.91 Å². The summed E-state index contributed by atoms with van der Waals surface area (Å²) in [6.45, 7) is 5.35. The van der Waals surface area contributed by atoms with Crippen molar-refractivity contribution in [2.45, 2.75) is 38.8 Å². The predicted molar refractivity (Wildman–Crippen MR) is 66.9 cm³/mol. The highest BCUT2D eigenvalue weighted by Crippen LogP contribution is 2.35. The minimum Gasteiger partial charge on any atom is -0.443 e. The van der Waals surface area contributed by atoms with E-state index < -0.39 is 11.7 Å². The van der Waals surface area contributed by atoms with E-state index in [1.807, 2.05) is 30.3 Å². The smallest absolute Gasteiger partial charge is 0.417 e. The molecule has 1 atom stereocenters. The van der Waals surface area contributed by atoms with Crippen LogP contribution in [0.4, 0.5) is 4.79 Å². The van der Waals surface area contributed by atoms with Crippen LogP contribution in [0.2, 0.25) is 0 Å². The summed E-state index contributed by atoms with van der Waals surface area (Å²) in [6, 6.07) is 9.33. The lowest BCUT2D eigenvalue weighted by atomic mass is 9.94. The molecule has 1 saturated heterocycles. The van der Waals surface area contributed by atoms with Crippen LogP contribution in [0.5, 0.6) is 0 Å². The minimum atomic E-state index is -0.589. The van der Waals surface area contributed by atoms with E-state index in [0.717, 1.165) is 5.56 Å². The second-order valence-electron chi connectivity index (χ2n) is 5.37. The third-order valence-corrected chi connectivity index (χ3v) is 2.72. The van der Waals surface area contributed by atoms with E-state index in [1.165, 1.54) is 4.90 Å². The molecule has 1 aliphatic rings. The van der Waals surface area contributed by atoms with E-state index in [1.54, 1.807) is 20.8 Å². The van der Waals surface area contributed by atoms with Gasteiger partial charge in [0.15, 0.2) is 0 Å². The van der Waals surface area contributed by atoms with Crippen LogP contribution < -0.4 is 0 Å². The SMILES string of the molecule is CC(C)(C)OC(=O)N1C(=O)CC1c1ccccc1. The van der Waals surface area contributed by atoms with Crippen LogP contribution in [0.15, 0.2) is 30.3 Å². The number of hydrogen-bond acceptors (Lipinski definition) is 3. The Kier molecular flexibility index (Phi) is 3.11. The summed E-state index contributed by atoms with van der Waals surface area (Å²) in [5.41, 5.74) is 0.372. The average Bonchev–Trinajstić information content (AvgIpc) is 2.24. The molecule has 96 valence electrons. The first kappa shape index (κ1) is 12.6. The molecule has 1 heterocycles. The molecule has 1 unspecified atom stereocenters. The first-order chi connectivity index (χ1) is 8.38. The Morgan fingerprint density at radius 2 is 1.89 bits per heavy atom. The highest BCUT2D eigenvalue weighted by atomic mass is 16.6. The van der Waals surface area contributed by atoms with Crippen LogP contribution in [-0.4, -0.2) is 22.5 Å². The lowest BCUT2D eigenvalue weighted by molar-refractivity contribution is -0.144. The van der Waals surface area contributed by atoms with Gasteiger partial charge >= 0.3 is 6.09 Å². The summed E-state index contributed by atoms with van der Waals surface area (Å²) in [5.74, 6) is -0.182. The molecule has 0 bridgehead atoms. The van der Waals surface area contributed by atoms with Crippen molar-refractivity contribution in [1.82, 2.24) is 4.90 Å². The number of benzene rings is 1. The molecule has 1 aromatic carbocycles. The number of carbonyl (C=O) groups excluding carboxylic acids is 2. The fourth-order valence-corrected chi connectivity index (χ4v) is 1.90. The molecule has 0 spiro atoms. The van der Waals surface area contributed by atoms with Crippen LogP contribution in [0.3, 0.4) is 0 Å². The Morgan fingerprint density at radius 1 is 1.28 bits per heavy atom. The van der Waals surface area contributed by atoms with Gasteiger partial charge in [0.1, 0.15) is 5.60 Å². The highest BCUT2D eigenvalue weighted by molar-refractivity contribution is 5.98. The fourth-order valence-electron chi connectivity index (χ4n) is 1.90. The molecular formula is C14H17NO3. The second-order valence-corrected chi connectivity index (χ2v) is 5.37. The Balaban J connectivity index is 2.12. The first-order valence-electron chi connectivity index (χ1n) is 5.98. The number of hydrogen-bond donors (Lipinski definition) is 0. The molecule has 1 aromatic rings. The zero-order valence-electron chi connectivity index (χ0n) is 10.8. The molecule has 18 heavy (non-hydrogen) atoms. The maximum absolute atomic E-state index is 11.9. The summed E-state index contributed by atoms with van der Waals surface area (Å²) >= 11 is 0. The molecular weight excluding hydrogens is 230 g/mol. The van der Waals surface area contributed by atoms with Gasteiger partial charge in [0.05, 0.1) is 12.5 Å². The van der Waals surface area contributed by atoms with Gasteiger partial charge in [-0.05, 0) is 26.3 Å². The van der Waals surface area contributed by atoms with Gasteiger partial charge < -0.3 is 4.74 Å². The summed E-state index contributed by atoms with van der Waals surface area (Å²) in [6.07, 6.45) is -0.198. The van der Waals surface area contributed by atoms with Gasteiger partial charge in [-0.25, -0.2) is 9.69 Å². The van der Waals surface area contributed by atoms with Crippen molar-refractivity contribution in [1.29, 1.82) is 0 Å². The van der Waals surface area contributed by atoms with Crippen molar-refractivity contribution in [3.8, 4) is 0 Å². The van der Waals surface area contributed by atoms with Crippen molar-refractivity contribution in [3.63, 3.8) is 0 Å². The Morgan fingerprint density at radius 3 is 2.39 bits per heavy atom. The van der Waals surface area contributed by atoms with Crippen molar-refractivity contribution >= 4 is 12.0 Å². The lowest BCUT2D eigenvalue weighted by Crippen LogP contribution is -2.51. The zero-order valence-corrected chi connectivity index (χ0v) is 10.8. The van der Waals surface area contributed by atoms with E-state index in [4.69, 9.17) is 4.74 Å². The Hall–Kier alpha value is -1.84. The molecule has 1 fully saturated rings. The van der Waals surface area contributed by atoms with E-state index in [-0.39, 0.29) is 11.9 Å². The fraction of sp³-hybridized carbons (Fsp3) is 0.429. The van der Waals surface area contributed by atoms with E-state index in [0.29, 0.717) is 6.42 Å². The second kappa shape index (κ2) is 4.44. The lowest BCUT2D eigenvalue weighted by Gasteiger charge is -2.39. The number of β-lactam (4-membered cyclic amide) rings is 1. The Labute approximate surface area is 107 Å². The monoisotopic (exact) mass is 247 g/mol. The number of nitrogens with zero attached hydrogens (tertiary/aromatic N) is 1. The van der Waals surface area contributed by atoms with Gasteiger partial charge in [-0.2, -0.15) is 0 Å². The zero-order chi connectivity index (χ0) is 13.3. The number of rotatable bonds is 1. The standard InChI is InChI=1S/C14H17NO3/c1-14(2,3)18-13(17)15-11(9-12(15)16)10-7-5-4-6-8-10/h4-8,11H,9H2,1-3H3. The molecule has 2 amide bonds. The molecule has 0 radical (unpaired) electrons. The minimum absolute atomic E-state index is 0.182. The average molecular weight is 247 g/mol. The quantitative estimate of drug-likeness (QED) is 0.717. The van der Waals surface area contributed by atoms with E-state index in [9.17, 15) is 9.59 Å². The van der Waals surface area contributed by atoms with Crippen LogP contribution in [0, 0.1) is 0 Å². The topological polar surface area (TPSA) is 46.6 Å². The van der Waals surface area contributed by atoms with Crippen molar-refractivity contribution in [3.05, 3.63) is 35.9 Å². The van der Waals surface area contributed by atoms with Crippen LogP contribution in [0.25, 0.3) is 0 Å². The normalized spacial score (nSPS) is 19.4. The summed E-state index contributed by atoms with van der Waals surface area (Å²) in [4.78, 5) is 24.7. The summed E-state index contributed by atoms with van der Waals surface area (Å²) in [7, 11) is 0. The number of likely N-dealkylation sites (tertiary alicyclic amines) is 1. The van der Waals surface area contributed by atoms with Crippen LogP contribution in [0.1, 0.15) is 38.8 Å². The predicted octanol–water partition coefficient (Wildman–Crippen LogP) is 2.90. The Bertz CT molecular complexity index is 462. The summed E-state index contributed by atoms with van der Waals surface area (Å²) < 4.78 is 5.23. The maximum atomic E-state index is 11.9. The van der Waals surface area contributed by atoms with E-state index >= 15 is 0 Å². The number of imide groups is 1. The third-order valence-electron chi connectivity index (χ3n) is 2.72. The van der Waals surface area contributed by atoms with Crippen molar-refractivity contribution in [2.75, 3.05) is 0 Å². The summed E-state index contributed by atoms with van der Waals surface area (Å²) in [5, 5.41) is 0. The molecule has 1 aliphatic heterocycles. The van der Waals surface area contributed by atoms with Gasteiger partial charge in [0.25, 0.3) is 0 Å². The van der Waals surface area contributed by atoms with Crippen molar-refractivity contribution < 1.29 is 14.3 Å². The molecule has 2 rings (SSSR count). The molecule has 4 heteroatoms. The molecule has 0 aliphatic carbocycles. The molecule has 4 nitrogen and oxygen atoms in total. The maximum Gasteiger partial charge on any atom is 0.417 e. The van der Waals surface area contributed by atoms with E-state index in [2.05, 4.69) is 0 Å². The largest absolute Gasteiger partial charge is 0.443 e. The van der Waals surface area contributed by atoms with Gasteiger partial charge in [-0.1, -0.05) is 30.3 Å². The highest BCUT2D eigenvalue weighted by Gasteiger charge is 2.43.